The van der Waals surface area contributed by atoms with Gasteiger partial charge in [0.05, 0.1) is 18.6 Å². The molecule has 3 heterocycles. The van der Waals surface area contributed by atoms with E-state index in [0.29, 0.717) is 32.1 Å². The zero-order chi connectivity index (χ0) is 20.9. The number of carbonyl (C=O) groups excluding carboxylic acids is 1. The lowest BCUT2D eigenvalue weighted by Gasteiger charge is -2.55. The zero-order valence-corrected chi connectivity index (χ0v) is 16.7. The van der Waals surface area contributed by atoms with Crippen molar-refractivity contribution in [2.75, 3.05) is 42.8 Å². The average molecular weight is 432 g/mol. The number of nitrogens with one attached hydrogen (secondary N) is 1. The van der Waals surface area contributed by atoms with Gasteiger partial charge in [-0.1, -0.05) is 0 Å². The van der Waals surface area contributed by atoms with Crippen LogP contribution in [-0.2, 0) is 19.3 Å². The number of anilines is 2. The molecule has 0 radical (unpaired) electrons. The molecule has 1 aliphatic carbocycles. The molecule has 1 amide bonds. The standard InChI is InChI=1S/C17H22F2N4O5S/c1-29(25,26)14-20-12(6-13(22-14)23-7-16(8-23)9-27-10-16)21-15(24)28-11-2-4-17(18,19)5-3-11/h6,11H,2-5,7-10H2,1H3,(H,20,21,22,24). The molecule has 1 N–H and O–H groups in total. The molecule has 1 spiro atoms. The number of ether oxygens (including phenoxy) is 2. The lowest BCUT2D eigenvalue weighted by Crippen LogP contribution is -2.66. The van der Waals surface area contributed by atoms with Gasteiger partial charge in [0.25, 0.3) is 5.16 Å². The number of aromatic nitrogens is 2. The highest BCUT2D eigenvalue weighted by Crippen LogP contribution is 2.40. The van der Waals surface area contributed by atoms with Gasteiger partial charge in [-0.05, 0) is 12.8 Å². The summed E-state index contributed by atoms with van der Waals surface area (Å²) in [4.78, 5) is 22.0. The third-order valence-electron chi connectivity index (χ3n) is 5.38. The molecular weight excluding hydrogens is 410 g/mol. The third kappa shape index (κ3) is 4.42. The Balaban J connectivity index is 1.44. The number of halogens is 2. The topological polar surface area (TPSA) is 111 Å². The van der Waals surface area contributed by atoms with E-state index in [0.717, 1.165) is 6.26 Å². The van der Waals surface area contributed by atoms with Crippen molar-refractivity contribution in [1.29, 1.82) is 0 Å². The highest BCUT2D eigenvalue weighted by molar-refractivity contribution is 7.90. The Morgan fingerprint density at radius 1 is 1.28 bits per heavy atom. The number of sulfone groups is 1. The van der Waals surface area contributed by atoms with Crippen molar-refractivity contribution in [3.8, 4) is 0 Å². The van der Waals surface area contributed by atoms with Gasteiger partial charge in [-0.25, -0.2) is 32.0 Å². The molecule has 9 nitrogen and oxygen atoms in total. The fraction of sp³-hybridized carbons (Fsp3) is 0.706. The fourth-order valence-corrected chi connectivity index (χ4v) is 4.24. The van der Waals surface area contributed by atoms with E-state index in [9.17, 15) is 22.0 Å². The van der Waals surface area contributed by atoms with Gasteiger partial charge in [0, 0.05) is 38.3 Å². The molecule has 160 valence electrons. The summed E-state index contributed by atoms with van der Waals surface area (Å²) in [7, 11) is -3.71. The minimum Gasteiger partial charge on any atom is -0.446 e. The molecule has 12 heteroatoms. The van der Waals surface area contributed by atoms with Gasteiger partial charge in [0.2, 0.25) is 15.8 Å². The Labute approximate surface area is 166 Å². The molecule has 29 heavy (non-hydrogen) atoms. The van der Waals surface area contributed by atoms with Crippen molar-refractivity contribution in [1.82, 2.24) is 9.97 Å². The predicted octanol–water partition coefficient (Wildman–Crippen LogP) is 1.84. The number of hydrogen-bond donors (Lipinski definition) is 1. The molecule has 0 bridgehead atoms. The first kappa shape index (κ1) is 20.2. The summed E-state index contributed by atoms with van der Waals surface area (Å²) in [5.74, 6) is -2.36. The van der Waals surface area contributed by atoms with Crippen LogP contribution in [0.3, 0.4) is 0 Å². The molecule has 1 saturated carbocycles. The van der Waals surface area contributed by atoms with Gasteiger partial charge in [-0.15, -0.1) is 0 Å². The lowest BCUT2D eigenvalue weighted by molar-refractivity contribution is -0.127. The minimum atomic E-state index is -3.71. The molecule has 1 aromatic rings. The second kappa shape index (κ2) is 7.01. The number of rotatable bonds is 4. The van der Waals surface area contributed by atoms with Crippen LogP contribution in [0.4, 0.5) is 25.2 Å². The zero-order valence-electron chi connectivity index (χ0n) is 15.9. The first-order chi connectivity index (χ1) is 13.5. The van der Waals surface area contributed by atoms with Gasteiger partial charge in [-0.2, -0.15) is 0 Å². The third-order valence-corrected chi connectivity index (χ3v) is 6.23. The average Bonchev–Trinajstić information content (AvgIpc) is 2.53. The summed E-state index contributed by atoms with van der Waals surface area (Å²) < 4.78 is 60.7. The SMILES string of the molecule is CS(=O)(=O)c1nc(NC(=O)OC2CCC(F)(F)CC2)cc(N2CC3(COC3)C2)n1. The van der Waals surface area contributed by atoms with E-state index in [1.807, 2.05) is 4.90 Å². The Bertz CT molecular complexity index is 904. The molecule has 1 aromatic heterocycles. The van der Waals surface area contributed by atoms with Crippen molar-refractivity contribution < 1.29 is 31.5 Å². The van der Waals surface area contributed by atoms with Crippen molar-refractivity contribution in [3.05, 3.63) is 6.07 Å². The van der Waals surface area contributed by atoms with Crippen LogP contribution in [0.1, 0.15) is 25.7 Å². The lowest BCUT2D eigenvalue weighted by atomic mass is 9.78. The van der Waals surface area contributed by atoms with Crippen molar-refractivity contribution in [2.45, 2.75) is 42.9 Å². The summed E-state index contributed by atoms with van der Waals surface area (Å²) in [5, 5.41) is 1.99. The Morgan fingerprint density at radius 2 is 1.93 bits per heavy atom. The Kier molecular flexibility index (Phi) is 4.88. The van der Waals surface area contributed by atoms with E-state index in [1.54, 1.807) is 0 Å². The second-order valence-electron chi connectivity index (χ2n) is 8.10. The van der Waals surface area contributed by atoms with E-state index < -0.39 is 33.1 Å². The van der Waals surface area contributed by atoms with Crippen LogP contribution in [0.15, 0.2) is 11.2 Å². The highest BCUT2D eigenvalue weighted by Gasteiger charge is 2.49. The summed E-state index contributed by atoms with van der Waals surface area (Å²) in [6.07, 6.45) is -1.02. The molecule has 4 rings (SSSR count). The summed E-state index contributed by atoms with van der Waals surface area (Å²) >= 11 is 0. The maximum absolute atomic E-state index is 13.2. The number of carbonyl (C=O) groups is 1. The summed E-state index contributed by atoms with van der Waals surface area (Å²) in [6, 6.07) is 1.47. The molecular formula is C17H22F2N4O5S. The minimum absolute atomic E-state index is 0.0210. The smallest absolute Gasteiger partial charge is 0.413 e. The van der Waals surface area contributed by atoms with Gasteiger partial charge in [0.1, 0.15) is 17.7 Å². The predicted molar refractivity (Wildman–Crippen MR) is 97.9 cm³/mol. The van der Waals surface area contributed by atoms with Gasteiger partial charge >= 0.3 is 6.09 Å². The molecule has 2 saturated heterocycles. The van der Waals surface area contributed by atoms with E-state index in [4.69, 9.17) is 9.47 Å². The van der Waals surface area contributed by atoms with E-state index in [2.05, 4.69) is 15.3 Å². The largest absolute Gasteiger partial charge is 0.446 e. The fourth-order valence-electron chi connectivity index (χ4n) is 3.72. The van der Waals surface area contributed by atoms with Crippen LogP contribution in [-0.4, -0.2) is 69.1 Å². The summed E-state index contributed by atoms with van der Waals surface area (Å²) in [6.45, 7) is 2.66. The molecule has 2 aliphatic heterocycles. The van der Waals surface area contributed by atoms with Crippen LogP contribution in [0, 0.1) is 5.41 Å². The van der Waals surface area contributed by atoms with Crippen LogP contribution in [0.5, 0.6) is 0 Å². The quantitative estimate of drug-likeness (QED) is 0.718. The van der Waals surface area contributed by atoms with Crippen molar-refractivity contribution in [2.24, 2.45) is 5.41 Å². The van der Waals surface area contributed by atoms with Crippen LogP contribution < -0.4 is 10.2 Å². The summed E-state index contributed by atoms with van der Waals surface area (Å²) in [5.41, 5.74) is 0.0891. The number of amides is 1. The van der Waals surface area contributed by atoms with Crippen LogP contribution in [0.2, 0.25) is 0 Å². The van der Waals surface area contributed by atoms with Gasteiger partial charge < -0.3 is 14.4 Å². The van der Waals surface area contributed by atoms with Crippen LogP contribution >= 0.6 is 0 Å². The molecule has 0 aromatic carbocycles. The maximum Gasteiger partial charge on any atom is 0.413 e. The second-order valence-corrected chi connectivity index (χ2v) is 10.0. The molecule has 0 atom stereocenters. The maximum atomic E-state index is 13.2. The van der Waals surface area contributed by atoms with Crippen molar-refractivity contribution >= 4 is 27.6 Å². The first-order valence-corrected chi connectivity index (χ1v) is 11.2. The molecule has 3 fully saturated rings. The monoisotopic (exact) mass is 432 g/mol. The molecule has 0 unspecified atom stereocenters. The highest BCUT2D eigenvalue weighted by atomic mass is 32.2. The Hall–Kier alpha value is -2.08. The van der Waals surface area contributed by atoms with E-state index >= 15 is 0 Å². The van der Waals surface area contributed by atoms with Gasteiger partial charge in [-0.3, -0.25) is 5.32 Å². The Morgan fingerprint density at radius 3 is 2.48 bits per heavy atom. The number of nitrogens with zero attached hydrogens (tertiary/aromatic N) is 3. The van der Waals surface area contributed by atoms with Crippen molar-refractivity contribution in [3.63, 3.8) is 0 Å². The van der Waals surface area contributed by atoms with Crippen LogP contribution in [0.25, 0.3) is 0 Å². The molecule has 3 aliphatic rings. The number of hydrogen-bond acceptors (Lipinski definition) is 8. The normalized spacial score (nSPS) is 23.2. The number of alkyl halides is 2. The van der Waals surface area contributed by atoms with Gasteiger partial charge in [0.15, 0.2) is 0 Å². The van der Waals surface area contributed by atoms with E-state index in [1.165, 1.54) is 6.07 Å². The van der Waals surface area contributed by atoms with E-state index in [-0.39, 0.29) is 36.9 Å². The first-order valence-electron chi connectivity index (χ1n) is 9.31.